The van der Waals surface area contributed by atoms with E-state index in [2.05, 4.69) is 29.1 Å². The first kappa shape index (κ1) is 13.0. The highest BCUT2D eigenvalue weighted by molar-refractivity contribution is 7.11. The van der Waals surface area contributed by atoms with Crippen LogP contribution in [0.4, 0.5) is 0 Å². The lowest BCUT2D eigenvalue weighted by molar-refractivity contribution is 0.622. The molecule has 4 nitrogen and oxygen atoms in total. The van der Waals surface area contributed by atoms with Crippen molar-refractivity contribution in [2.45, 2.75) is 34.2 Å². The second kappa shape index (κ2) is 5.84. The van der Waals surface area contributed by atoms with Crippen LogP contribution in [0.25, 0.3) is 0 Å². The van der Waals surface area contributed by atoms with Gasteiger partial charge in [-0.3, -0.25) is 0 Å². The van der Waals surface area contributed by atoms with Crippen molar-refractivity contribution < 1.29 is 0 Å². The van der Waals surface area contributed by atoms with E-state index in [1.807, 2.05) is 13.8 Å². The van der Waals surface area contributed by atoms with Crippen LogP contribution >= 0.6 is 11.3 Å². The molecular weight excluding hydrogens is 220 g/mol. The first-order chi connectivity index (χ1) is 7.49. The summed E-state index contributed by atoms with van der Waals surface area (Å²) < 4.78 is 0. The molecule has 0 aliphatic heterocycles. The molecule has 0 saturated carbocycles. The summed E-state index contributed by atoms with van der Waals surface area (Å²) in [7, 11) is 0. The molecule has 0 radical (unpaired) electrons. The minimum absolute atomic E-state index is 0.513. The van der Waals surface area contributed by atoms with Crippen LogP contribution in [0.15, 0.2) is 4.99 Å². The Balaban J connectivity index is 2.49. The Bertz CT molecular complexity index is 368. The zero-order valence-corrected chi connectivity index (χ0v) is 11.2. The predicted molar refractivity (Wildman–Crippen MR) is 69.8 cm³/mol. The molecule has 0 aromatic carbocycles. The molecular formula is C11H20N4S. The topological polar surface area (TPSA) is 63.3 Å². The molecule has 0 aliphatic carbocycles. The number of rotatable bonds is 4. The van der Waals surface area contributed by atoms with Crippen LogP contribution in [0.2, 0.25) is 0 Å². The van der Waals surface area contributed by atoms with Gasteiger partial charge in [-0.2, -0.15) is 0 Å². The van der Waals surface area contributed by atoms with Gasteiger partial charge in [0.2, 0.25) is 0 Å². The van der Waals surface area contributed by atoms with Crippen LogP contribution in [-0.2, 0) is 6.54 Å². The summed E-state index contributed by atoms with van der Waals surface area (Å²) in [5, 5.41) is 4.17. The third-order valence-corrected chi connectivity index (χ3v) is 3.14. The van der Waals surface area contributed by atoms with Crippen molar-refractivity contribution >= 4 is 17.3 Å². The lowest BCUT2D eigenvalue weighted by atomic mass is 10.2. The van der Waals surface area contributed by atoms with Crippen molar-refractivity contribution in [2.24, 2.45) is 16.6 Å². The van der Waals surface area contributed by atoms with Crippen molar-refractivity contribution in [2.75, 3.05) is 6.54 Å². The third-order valence-electron chi connectivity index (χ3n) is 2.08. The van der Waals surface area contributed by atoms with Crippen molar-refractivity contribution in [1.29, 1.82) is 0 Å². The molecule has 90 valence electrons. The Morgan fingerprint density at radius 1 is 1.50 bits per heavy atom. The summed E-state index contributed by atoms with van der Waals surface area (Å²) in [6.07, 6.45) is 0. The van der Waals surface area contributed by atoms with Crippen molar-refractivity contribution in [3.63, 3.8) is 0 Å². The average Bonchev–Trinajstić information content (AvgIpc) is 2.51. The summed E-state index contributed by atoms with van der Waals surface area (Å²) in [4.78, 5) is 9.83. The molecule has 3 N–H and O–H groups in total. The van der Waals surface area contributed by atoms with Gasteiger partial charge in [0.25, 0.3) is 0 Å². The maximum atomic E-state index is 5.75. The fraction of sp³-hybridized carbons (Fsp3) is 0.636. The van der Waals surface area contributed by atoms with Gasteiger partial charge in [-0.15, -0.1) is 11.3 Å². The van der Waals surface area contributed by atoms with E-state index in [-0.39, 0.29) is 0 Å². The van der Waals surface area contributed by atoms with Gasteiger partial charge in [0, 0.05) is 11.4 Å². The number of hydrogen-bond acceptors (Lipinski definition) is 3. The molecule has 0 fully saturated rings. The normalized spacial score (nSPS) is 12.2. The summed E-state index contributed by atoms with van der Waals surface area (Å²) in [6, 6.07) is 0. The van der Waals surface area contributed by atoms with Crippen LogP contribution < -0.4 is 11.1 Å². The number of aryl methyl sites for hydroxylation is 2. The number of nitrogens with zero attached hydrogens (tertiary/aromatic N) is 2. The highest BCUT2D eigenvalue weighted by Crippen LogP contribution is 2.17. The van der Waals surface area contributed by atoms with E-state index in [1.54, 1.807) is 11.3 Å². The summed E-state index contributed by atoms with van der Waals surface area (Å²) in [5.74, 6) is 1.08. The monoisotopic (exact) mass is 240 g/mol. The largest absolute Gasteiger partial charge is 0.370 e. The Morgan fingerprint density at radius 3 is 2.69 bits per heavy atom. The minimum Gasteiger partial charge on any atom is -0.370 e. The van der Waals surface area contributed by atoms with E-state index in [9.17, 15) is 0 Å². The van der Waals surface area contributed by atoms with E-state index in [1.165, 1.54) is 4.88 Å². The molecule has 0 spiro atoms. The fourth-order valence-corrected chi connectivity index (χ4v) is 2.10. The van der Waals surface area contributed by atoms with Crippen molar-refractivity contribution in [3.8, 4) is 0 Å². The lowest BCUT2D eigenvalue weighted by Crippen LogP contribution is -2.34. The highest BCUT2D eigenvalue weighted by atomic mass is 32.1. The van der Waals surface area contributed by atoms with Gasteiger partial charge in [-0.1, -0.05) is 13.8 Å². The van der Waals surface area contributed by atoms with Crippen LogP contribution in [0, 0.1) is 19.8 Å². The van der Waals surface area contributed by atoms with Gasteiger partial charge in [-0.25, -0.2) is 9.98 Å². The molecule has 5 heteroatoms. The quantitative estimate of drug-likeness (QED) is 0.623. The second-order valence-electron chi connectivity index (χ2n) is 4.22. The molecule has 0 aliphatic rings. The van der Waals surface area contributed by atoms with Gasteiger partial charge < -0.3 is 11.1 Å². The SMILES string of the molecule is Cc1nc(C)c(CN=C(N)NCC(C)C)s1. The minimum atomic E-state index is 0.513. The number of nitrogens with one attached hydrogen (secondary N) is 1. The number of hydrogen-bond donors (Lipinski definition) is 2. The first-order valence-corrected chi connectivity index (χ1v) is 6.27. The molecule has 0 atom stereocenters. The van der Waals surface area contributed by atoms with Crippen LogP contribution in [-0.4, -0.2) is 17.5 Å². The van der Waals surface area contributed by atoms with Gasteiger partial charge in [-0.05, 0) is 19.8 Å². The Morgan fingerprint density at radius 2 is 2.19 bits per heavy atom. The van der Waals surface area contributed by atoms with Gasteiger partial charge in [0.1, 0.15) is 0 Å². The van der Waals surface area contributed by atoms with E-state index < -0.39 is 0 Å². The molecule has 1 aromatic heterocycles. The Kier molecular flexibility index (Phi) is 4.73. The molecule has 0 unspecified atom stereocenters. The maximum absolute atomic E-state index is 5.75. The van der Waals surface area contributed by atoms with Crippen LogP contribution in [0.1, 0.15) is 29.4 Å². The van der Waals surface area contributed by atoms with Crippen molar-refractivity contribution in [1.82, 2.24) is 10.3 Å². The summed E-state index contributed by atoms with van der Waals surface area (Å²) in [6.45, 7) is 9.76. The molecule has 0 bridgehead atoms. The van der Waals surface area contributed by atoms with E-state index in [0.717, 1.165) is 17.2 Å². The molecule has 1 heterocycles. The molecule has 16 heavy (non-hydrogen) atoms. The van der Waals surface area contributed by atoms with E-state index in [4.69, 9.17) is 5.73 Å². The van der Waals surface area contributed by atoms with Gasteiger partial charge >= 0.3 is 0 Å². The number of thiazole rings is 1. The zero-order chi connectivity index (χ0) is 12.1. The van der Waals surface area contributed by atoms with Crippen LogP contribution in [0.5, 0.6) is 0 Å². The lowest BCUT2D eigenvalue weighted by Gasteiger charge is -2.07. The predicted octanol–water partition coefficient (Wildman–Crippen LogP) is 1.82. The molecule has 1 aromatic rings. The zero-order valence-electron chi connectivity index (χ0n) is 10.4. The first-order valence-electron chi connectivity index (χ1n) is 5.45. The number of aromatic nitrogens is 1. The highest BCUT2D eigenvalue weighted by Gasteiger charge is 2.03. The van der Waals surface area contributed by atoms with E-state index in [0.29, 0.717) is 18.4 Å². The van der Waals surface area contributed by atoms with Gasteiger partial charge in [0.05, 0.1) is 17.2 Å². The third kappa shape index (κ3) is 4.18. The maximum Gasteiger partial charge on any atom is 0.188 e. The molecule has 0 saturated heterocycles. The van der Waals surface area contributed by atoms with Crippen LogP contribution in [0.3, 0.4) is 0 Å². The fourth-order valence-electron chi connectivity index (χ4n) is 1.24. The second-order valence-corrected chi connectivity index (χ2v) is 5.51. The smallest absolute Gasteiger partial charge is 0.188 e. The standard InChI is InChI=1S/C11H20N4S/c1-7(2)5-13-11(12)14-6-10-8(3)15-9(4)16-10/h7H,5-6H2,1-4H3,(H3,12,13,14). The Hall–Kier alpha value is -1.10. The molecule has 0 amide bonds. The summed E-state index contributed by atoms with van der Waals surface area (Å²) >= 11 is 1.68. The summed E-state index contributed by atoms with van der Waals surface area (Å²) in [5.41, 5.74) is 6.81. The number of nitrogens with two attached hydrogens (primary N) is 1. The van der Waals surface area contributed by atoms with Gasteiger partial charge in [0.15, 0.2) is 5.96 Å². The average molecular weight is 240 g/mol. The van der Waals surface area contributed by atoms with Crippen molar-refractivity contribution in [3.05, 3.63) is 15.6 Å². The number of aliphatic imine (C=N–C) groups is 1. The van der Waals surface area contributed by atoms with E-state index >= 15 is 0 Å². The Labute approximate surface area is 101 Å². The molecule has 1 rings (SSSR count). The number of guanidine groups is 1.